The molecule has 0 N–H and O–H groups in total. The second-order valence-corrected chi connectivity index (χ2v) is 13.6. The Bertz CT molecular complexity index is 4930. The molecule has 0 spiro atoms. The van der Waals surface area contributed by atoms with Crippen LogP contribution in [0.3, 0.4) is 0 Å². The van der Waals surface area contributed by atoms with Gasteiger partial charge in [0.15, 0.2) is 0 Å². The van der Waals surface area contributed by atoms with Crippen LogP contribution in [-0.4, -0.2) is 0 Å². The molecule has 0 heterocycles. The standard InChI is InChI=1S/C58H45N/c1-57(2)52-20-12-10-18-48(52)50-34-27-42(36-54(50)57)56-46-17-9-8-16-40(46)26-33-47(56)41-24-30-44(31-25-41)59(43-28-22-39(23-29-43)38-14-6-5-7-15-38)45-32-35-51-49-19-11-13-21-53(49)58(3,4)55(51)37-45/h5-37H,1-4H3/i1D3,2D3,3D3,4D3,6D,7D,8D,9D,10D,11D,12D,13D,14D,15D,16D,17D,18D,20D,22D,23D,24D,26D,28D,29D,30D,32D,35D,36D,37D. The third-order valence-corrected chi connectivity index (χ3v) is 10.3. The second-order valence-electron chi connectivity index (χ2n) is 13.6. The number of hydrogen-bond acceptors (Lipinski definition) is 1. The predicted molar refractivity (Wildman–Crippen MR) is 250 cm³/mol. The summed E-state index contributed by atoms with van der Waals surface area (Å²) in [5.41, 5.74) is -19.8. The Balaban J connectivity index is 1.30. The number of benzene rings is 9. The quantitative estimate of drug-likeness (QED) is 0.162. The highest BCUT2D eigenvalue weighted by molar-refractivity contribution is 6.05. The molecular formula is C58H45N. The first-order chi connectivity index (χ1) is 44.2. The van der Waals surface area contributed by atoms with Gasteiger partial charge in [0, 0.05) is 44.3 Å². The van der Waals surface area contributed by atoms with E-state index in [1.807, 2.05) is 0 Å². The molecule has 0 amide bonds. The molecule has 0 saturated heterocycles. The number of anilines is 3. The number of fused-ring (bicyclic) bond motifs is 7. The summed E-state index contributed by atoms with van der Waals surface area (Å²) in [5.74, 6) is 0. The van der Waals surface area contributed by atoms with Gasteiger partial charge in [-0.1, -0.05) is 185 Å². The Hall–Kier alpha value is -6.96. The zero-order valence-electron chi connectivity index (χ0n) is 67.1. The third-order valence-electron chi connectivity index (χ3n) is 10.3. The minimum absolute atomic E-state index is 0.443. The summed E-state index contributed by atoms with van der Waals surface area (Å²) in [4.78, 5) is 0.443. The highest BCUT2D eigenvalue weighted by Gasteiger charge is 2.37. The van der Waals surface area contributed by atoms with Gasteiger partial charge in [-0.15, -0.1) is 0 Å². The van der Waals surface area contributed by atoms with Gasteiger partial charge in [-0.2, -0.15) is 0 Å². The maximum absolute atomic E-state index is 10.1. The fourth-order valence-electron chi connectivity index (χ4n) is 7.51. The molecule has 0 unspecified atom stereocenters. The highest BCUT2D eigenvalue weighted by Crippen LogP contribution is 2.52. The van der Waals surface area contributed by atoms with Crippen molar-refractivity contribution in [3.8, 4) is 55.6 Å². The van der Waals surface area contributed by atoms with Crippen molar-refractivity contribution in [2.24, 2.45) is 0 Å². The van der Waals surface area contributed by atoms with Gasteiger partial charge in [0.05, 0.1) is 34.3 Å². The van der Waals surface area contributed by atoms with E-state index >= 15 is 0 Å². The van der Waals surface area contributed by atoms with Crippen LogP contribution in [0.25, 0.3) is 66.4 Å². The van der Waals surface area contributed by atoms with Gasteiger partial charge < -0.3 is 4.90 Å². The van der Waals surface area contributed by atoms with E-state index in [2.05, 4.69) is 0 Å². The van der Waals surface area contributed by atoms with E-state index in [1.54, 1.807) is 0 Å². The zero-order valence-corrected chi connectivity index (χ0v) is 30.1. The summed E-state index contributed by atoms with van der Waals surface area (Å²) in [7, 11) is 0. The lowest BCUT2D eigenvalue weighted by atomic mass is 9.81. The van der Waals surface area contributed by atoms with Crippen LogP contribution in [0.2, 0.25) is 0 Å². The topological polar surface area (TPSA) is 3.24 Å². The van der Waals surface area contributed by atoms with E-state index in [4.69, 9.17) is 34.3 Å². The van der Waals surface area contributed by atoms with Crippen molar-refractivity contribution in [2.45, 2.75) is 38.2 Å². The van der Waals surface area contributed by atoms with Crippen molar-refractivity contribution < 1.29 is 50.7 Å². The molecule has 0 radical (unpaired) electrons. The van der Waals surface area contributed by atoms with Crippen molar-refractivity contribution in [3.05, 3.63) is 222 Å². The molecule has 0 fully saturated rings. The molecule has 2 aliphatic carbocycles. The van der Waals surface area contributed by atoms with Gasteiger partial charge in [0.25, 0.3) is 0 Å². The van der Waals surface area contributed by atoms with Gasteiger partial charge in [0.1, 0.15) is 0 Å². The average Bonchev–Trinajstić information content (AvgIpc) is 1.50. The Morgan fingerprint density at radius 1 is 0.390 bits per heavy atom. The Morgan fingerprint density at radius 2 is 1.05 bits per heavy atom. The van der Waals surface area contributed by atoms with Crippen LogP contribution in [0, 0.1) is 0 Å². The van der Waals surface area contributed by atoms with E-state index < -0.39 is 295 Å². The fraction of sp³-hybridized carbons (Fsp3) is 0.103. The number of nitrogens with zero attached hydrogens (tertiary/aromatic N) is 1. The Morgan fingerprint density at radius 3 is 1.92 bits per heavy atom. The first kappa shape index (κ1) is 13.8. The molecule has 9 aromatic carbocycles. The van der Waals surface area contributed by atoms with Crippen molar-refractivity contribution in [1.82, 2.24) is 0 Å². The molecule has 0 atom stereocenters. The largest absolute Gasteiger partial charge is 0.310 e. The molecule has 0 aromatic heterocycles. The van der Waals surface area contributed by atoms with Crippen molar-refractivity contribution in [2.75, 3.05) is 4.90 Å². The average molecular weight is 793 g/mol. The molecule has 282 valence electrons. The third kappa shape index (κ3) is 5.53. The Labute approximate surface area is 399 Å². The molecule has 59 heavy (non-hydrogen) atoms. The summed E-state index contributed by atoms with van der Waals surface area (Å²) in [6, 6.07) is -17.2. The molecule has 0 aliphatic heterocycles. The molecule has 1 heteroatoms. The van der Waals surface area contributed by atoms with Crippen molar-refractivity contribution in [1.29, 1.82) is 0 Å². The second kappa shape index (κ2) is 13.3. The number of rotatable bonds is 6. The van der Waals surface area contributed by atoms with E-state index in [0.717, 1.165) is 48.5 Å². The predicted octanol–water partition coefficient (Wildman–Crippen LogP) is 15.9. The maximum Gasteiger partial charge on any atom is 0.0648 e. The summed E-state index contributed by atoms with van der Waals surface area (Å²) < 4.78 is 337. The van der Waals surface area contributed by atoms with Crippen LogP contribution >= 0.6 is 0 Å². The lowest BCUT2D eigenvalue weighted by Gasteiger charge is -2.28. The minimum atomic E-state index is -3.81. The van der Waals surface area contributed by atoms with Gasteiger partial charge >= 0.3 is 0 Å². The first-order valence-electron chi connectivity index (χ1n) is 36.3. The van der Waals surface area contributed by atoms with E-state index in [1.165, 1.54) is 0 Å². The molecule has 0 saturated carbocycles. The highest BCUT2D eigenvalue weighted by atomic mass is 15.1. The molecule has 1 nitrogen and oxygen atoms in total. The van der Waals surface area contributed by atoms with Crippen LogP contribution in [0.4, 0.5) is 17.1 Å². The molecular weight excluding hydrogens is 711 g/mol. The normalized spacial score (nSPS) is 23.8. The molecule has 11 rings (SSSR count). The Kier molecular flexibility index (Phi) is 3.11. The monoisotopic (exact) mass is 793 g/mol. The summed E-state index contributed by atoms with van der Waals surface area (Å²) in [6.07, 6.45) is 0. The van der Waals surface area contributed by atoms with Crippen molar-refractivity contribution >= 4 is 27.8 Å². The summed E-state index contributed by atoms with van der Waals surface area (Å²) >= 11 is 0. The SMILES string of the molecule is [2H]c1cc2c(cc1[2H])C(C([2H])([2H])[2H])(C([2H])([2H])[2H])c1c([2H])c(N(c3ccc(-c4cc([2H])c5c([2H])c([2H])c([2H])c([2H])c5c4-c4ccc5c(c4[2H])C(C([2H])([2H])[2H])(C([2H])([2H])[2H])c4c([2H])c([2H])c([2H])c([2H])c4-5)c([2H])c3[2H])c3c([2H])c([2H])c(-c4c([2H])c([2H])cc([2H])c4[2H])c([2H])c3[2H])c([2H])c([2H])c1-2. The van der Waals surface area contributed by atoms with Gasteiger partial charge in [-0.25, -0.2) is 0 Å². The molecule has 2 aliphatic rings. The first-order valence-corrected chi connectivity index (χ1v) is 17.8. The zero-order chi connectivity index (χ0) is 71.6. The van der Waals surface area contributed by atoms with E-state index in [0.29, 0.717) is 4.90 Å². The summed E-state index contributed by atoms with van der Waals surface area (Å²) in [6.45, 7) is -15.2. The van der Waals surface area contributed by atoms with E-state index in [-0.39, 0.29) is 0 Å². The van der Waals surface area contributed by atoms with Crippen LogP contribution in [0.5, 0.6) is 0 Å². The lowest BCUT2D eigenvalue weighted by molar-refractivity contribution is 0.660. The van der Waals surface area contributed by atoms with Crippen LogP contribution in [-0.2, 0) is 10.8 Å². The lowest BCUT2D eigenvalue weighted by Crippen LogP contribution is -2.16. The van der Waals surface area contributed by atoms with Gasteiger partial charge in [-0.05, 0) is 131 Å². The minimum Gasteiger partial charge on any atom is -0.310 e. The molecule has 0 bridgehead atoms. The number of hydrogen-bond donors (Lipinski definition) is 0. The van der Waals surface area contributed by atoms with E-state index in [9.17, 15) is 16.4 Å². The summed E-state index contributed by atoms with van der Waals surface area (Å²) in [5, 5.41) is -1.21. The van der Waals surface area contributed by atoms with Crippen LogP contribution in [0.1, 0.15) is 100 Å². The van der Waals surface area contributed by atoms with Gasteiger partial charge in [0.2, 0.25) is 0 Å². The molecule has 9 aromatic rings. The fourth-order valence-corrected chi connectivity index (χ4v) is 7.51. The smallest absolute Gasteiger partial charge is 0.0648 e. The van der Waals surface area contributed by atoms with Crippen LogP contribution < -0.4 is 4.90 Å². The van der Waals surface area contributed by atoms with Gasteiger partial charge in [-0.3, -0.25) is 0 Å². The maximum atomic E-state index is 10.1. The van der Waals surface area contributed by atoms with Crippen molar-refractivity contribution in [3.63, 3.8) is 0 Å². The van der Waals surface area contributed by atoms with Crippen LogP contribution in [0.15, 0.2) is 200 Å².